The molecule has 176 valence electrons. The summed E-state index contributed by atoms with van der Waals surface area (Å²) in [6, 6.07) is 5.79. The van der Waals surface area contributed by atoms with Crippen LogP contribution in [0.4, 0.5) is 13.2 Å². The number of aromatic nitrogens is 4. The van der Waals surface area contributed by atoms with Gasteiger partial charge in [0.05, 0.1) is 21.6 Å². The Morgan fingerprint density at radius 3 is 2.70 bits per heavy atom. The second-order valence-electron chi connectivity index (χ2n) is 9.10. The van der Waals surface area contributed by atoms with Crippen molar-refractivity contribution in [3.05, 3.63) is 46.6 Å². The van der Waals surface area contributed by atoms with E-state index >= 15 is 0 Å². The Kier molecular flexibility index (Phi) is 6.03. The number of thioether (sulfide) groups is 1. The number of hydrogen-bond donors (Lipinski definition) is 0. The zero-order valence-electron chi connectivity index (χ0n) is 18.6. The van der Waals surface area contributed by atoms with Crippen molar-refractivity contribution in [1.29, 1.82) is 0 Å². The van der Waals surface area contributed by atoms with Crippen LogP contribution < -0.4 is 0 Å². The number of hydrogen-bond acceptors (Lipinski definition) is 6. The van der Waals surface area contributed by atoms with E-state index in [9.17, 15) is 13.2 Å². The molecule has 33 heavy (non-hydrogen) atoms. The van der Waals surface area contributed by atoms with Gasteiger partial charge in [-0.1, -0.05) is 23.9 Å². The van der Waals surface area contributed by atoms with E-state index < -0.39 is 11.7 Å². The summed E-state index contributed by atoms with van der Waals surface area (Å²) in [6.45, 7) is 5.13. The van der Waals surface area contributed by atoms with Gasteiger partial charge in [0.2, 0.25) is 0 Å². The number of halogens is 3. The van der Waals surface area contributed by atoms with Gasteiger partial charge in [0.1, 0.15) is 0 Å². The van der Waals surface area contributed by atoms with Crippen LogP contribution in [0.2, 0.25) is 0 Å². The molecule has 0 amide bonds. The maximum atomic E-state index is 12.8. The van der Waals surface area contributed by atoms with Gasteiger partial charge >= 0.3 is 6.18 Å². The molecular formula is C23H26F3N5S2. The summed E-state index contributed by atoms with van der Waals surface area (Å²) >= 11 is 3.31. The summed E-state index contributed by atoms with van der Waals surface area (Å²) in [5.74, 6) is 2.23. The lowest BCUT2D eigenvalue weighted by Gasteiger charge is -2.16. The number of likely N-dealkylation sites (tertiary alicyclic amines) is 1. The molecule has 3 heterocycles. The monoisotopic (exact) mass is 493 g/mol. The molecule has 2 aromatic heterocycles. The number of thiazole rings is 1. The summed E-state index contributed by atoms with van der Waals surface area (Å²) < 4.78 is 40.5. The molecule has 5 rings (SSSR count). The molecule has 0 N–H and O–H groups in total. The Morgan fingerprint density at radius 2 is 2.00 bits per heavy atom. The highest BCUT2D eigenvalue weighted by molar-refractivity contribution is 7.99. The second-order valence-corrected chi connectivity index (χ2v) is 11.0. The van der Waals surface area contributed by atoms with Gasteiger partial charge in [0.25, 0.3) is 0 Å². The first kappa shape index (κ1) is 22.9. The van der Waals surface area contributed by atoms with Crippen LogP contribution in [0.5, 0.6) is 0 Å². The van der Waals surface area contributed by atoms with Gasteiger partial charge in [-0.15, -0.1) is 21.5 Å². The third-order valence-electron chi connectivity index (χ3n) is 6.93. The SMILES string of the molecule is Cc1ncsc1-c1nnc(SCCCN2CC[C@]3(CC3c3ccc(C(F)(F)F)cc3)C2)n1C. The molecule has 1 aliphatic carbocycles. The zero-order valence-corrected chi connectivity index (χ0v) is 20.2. The lowest BCUT2D eigenvalue weighted by atomic mass is 9.97. The number of rotatable bonds is 7. The van der Waals surface area contributed by atoms with Gasteiger partial charge in [-0.3, -0.25) is 0 Å². The topological polar surface area (TPSA) is 46.8 Å². The van der Waals surface area contributed by atoms with E-state index in [-0.39, 0.29) is 5.41 Å². The smallest absolute Gasteiger partial charge is 0.304 e. The maximum absolute atomic E-state index is 12.8. The second kappa shape index (κ2) is 8.70. The molecule has 1 aromatic carbocycles. The molecule has 5 nitrogen and oxygen atoms in total. The van der Waals surface area contributed by atoms with Crippen molar-refractivity contribution in [3.8, 4) is 10.7 Å². The maximum Gasteiger partial charge on any atom is 0.416 e. The van der Waals surface area contributed by atoms with Crippen molar-refractivity contribution >= 4 is 23.1 Å². The van der Waals surface area contributed by atoms with Gasteiger partial charge in [0.15, 0.2) is 11.0 Å². The molecule has 10 heteroatoms. The van der Waals surface area contributed by atoms with Gasteiger partial charge in [-0.05, 0) is 68.3 Å². The molecule has 1 saturated heterocycles. The summed E-state index contributed by atoms with van der Waals surface area (Å²) in [6.07, 6.45) is -0.989. The Bertz CT molecular complexity index is 1120. The van der Waals surface area contributed by atoms with E-state index in [1.54, 1.807) is 35.2 Å². The van der Waals surface area contributed by atoms with Gasteiger partial charge in [0, 0.05) is 19.3 Å². The molecule has 1 spiro atoms. The fraction of sp³-hybridized carbons (Fsp3) is 0.522. The first-order valence-electron chi connectivity index (χ1n) is 11.1. The minimum Gasteiger partial charge on any atom is -0.304 e. The Morgan fingerprint density at radius 1 is 1.21 bits per heavy atom. The lowest BCUT2D eigenvalue weighted by molar-refractivity contribution is -0.137. The van der Waals surface area contributed by atoms with E-state index in [0.717, 1.165) is 71.8 Å². The first-order chi connectivity index (χ1) is 15.8. The Labute approximate surface area is 199 Å². The van der Waals surface area contributed by atoms with Crippen LogP contribution in [0.1, 0.15) is 42.0 Å². The van der Waals surface area contributed by atoms with E-state index in [2.05, 4.69) is 20.1 Å². The fourth-order valence-electron chi connectivity index (χ4n) is 4.96. The van der Waals surface area contributed by atoms with Gasteiger partial charge < -0.3 is 9.47 Å². The van der Waals surface area contributed by atoms with E-state index in [4.69, 9.17) is 0 Å². The van der Waals surface area contributed by atoms with Crippen LogP contribution in [-0.2, 0) is 13.2 Å². The average Bonchev–Trinajstić information content (AvgIpc) is 3.05. The van der Waals surface area contributed by atoms with Crippen LogP contribution in [0, 0.1) is 12.3 Å². The van der Waals surface area contributed by atoms with Crippen LogP contribution in [0.3, 0.4) is 0 Å². The lowest BCUT2D eigenvalue weighted by Crippen LogP contribution is -2.23. The van der Waals surface area contributed by atoms with Crippen molar-refractivity contribution in [2.24, 2.45) is 12.5 Å². The number of aryl methyl sites for hydroxylation is 1. The standard InChI is InChI=1S/C23H26F3N5S2/c1-15-19(33-14-27-15)20-28-29-21(30(20)2)32-11-3-9-31-10-8-22(13-31)12-18(22)16-4-6-17(7-5-16)23(24,25)26/h4-7,14,18H,3,8-13H2,1-2H3/t18?,22-/m0/s1. The Balaban J connectivity index is 1.09. The predicted molar refractivity (Wildman–Crippen MR) is 124 cm³/mol. The third kappa shape index (κ3) is 4.57. The molecule has 2 atom stereocenters. The Hall–Kier alpha value is -1.91. The van der Waals surface area contributed by atoms with E-state index in [1.165, 1.54) is 12.1 Å². The summed E-state index contributed by atoms with van der Waals surface area (Å²) in [4.78, 5) is 7.87. The highest BCUT2D eigenvalue weighted by Gasteiger charge is 2.57. The third-order valence-corrected chi connectivity index (χ3v) is 8.96. The van der Waals surface area contributed by atoms with Crippen LogP contribution in [-0.4, -0.2) is 50.0 Å². The quantitative estimate of drug-likeness (QED) is 0.315. The van der Waals surface area contributed by atoms with Gasteiger partial charge in [-0.25, -0.2) is 4.98 Å². The van der Waals surface area contributed by atoms with Crippen molar-refractivity contribution in [3.63, 3.8) is 0 Å². The predicted octanol–water partition coefficient (Wildman–Crippen LogP) is 5.63. The van der Waals surface area contributed by atoms with Crippen LogP contribution >= 0.6 is 23.1 Å². The molecule has 1 unspecified atom stereocenters. The summed E-state index contributed by atoms with van der Waals surface area (Å²) in [5.41, 5.74) is 3.55. The molecule has 1 saturated carbocycles. The molecular weight excluding hydrogens is 467 g/mol. The first-order valence-corrected chi connectivity index (χ1v) is 13.0. The van der Waals surface area contributed by atoms with Crippen molar-refractivity contribution in [2.45, 2.75) is 43.4 Å². The molecule has 2 aliphatic rings. The molecule has 3 aromatic rings. The number of nitrogens with zero attached hydrogens (tertiary/aromatic N) is 5. The largest absolute Gasteiger partial charge is 0.416 e. The highest BCUT2D eigenvalue weighted by atomic mass is 32.2. The molecule has 0 radical (unpaired) electrons. The van der Waals surface area contributed by atoms with Gasteiger partial charge in [-0.2, -0.15) is 13.2 Å². The van der Waals surface area contributed by atoms with Crippen molar-refractivity contribution in [2.75, 3.05) is 25.4 Å². The van der Waals surface area contributed by atoms with Crippen molar-refractivity contribution < 1.29 is 13.2 Å². The van der Waals surface area contributed by atoms with Crippen LogP contribution in [0.25, 0.3) is 10.7 Å². The molecule has 0 bridgehead atoms. The normalized spacial score (nSPS) is 23.0. The number of alkyl halides is 3. The highest BCUT2D eigenvalue weighted by Crippen LogP contribution is 2.64. The van der Waals surface area contributed by atoms with Crippen LogP contribution in [0.15, 0.2) is 34.9 Å². The molecule has 1 aliphatic heterocycles. The minimum atomic E-state index is -4.27. The van der Waals surface area contributed by atoms with E-state index in [0.29, 0.717) is 5.92 Å². The fourth-order valence-corrected chi connectivity index (χ4v) is 6.61. The minimum absolute atomic E-state index is 0.262. The summed E-state index contributed by atoms with van der Waals surface area (Å²) in [5, 5.41) is 9.62. The summed E-state index contributed by atoms with van der Waals surface area (Å²) in [7, 11) is 2.00. The molecule has 2 fully saturated rings. The zero-order chi connectivity index (χ0) is 23.2. The van der Waals surface area contributed by atoms with Crippen molar-refractivity contribution in [1.82, 2.24) is 24.6 Å². The van der Waals surface area contributed by atoms with E-state index in [1.807, 2.05) is 24.0 Å². The average molecular weight is 494 g/mol. The number of benzene rings is 1.